The minimum atomic E-state index is -0.249. The summed E-state index contributed by atoms with van der Waals surface area (Å²) in [5, 5.41) is 12.4. The number of anilines is 2. The third kappa shape index (κ3) is 3.54. The van der Waals surface area contributed by atoms with E-state index in [0.29, 0.717) is 31.5 Å². The van der Waals surface area contributed by atoms with Gasteiger partial charge in [-0.05, 0) is 31.9 Å². The molecule has 2 aliphatic rings. The quantitative estimate of drug-likeness (QED) is 0.860. The summed E-state index contributed by atoms with van der Waals surface area (Å²) in [5.74, 6) is -0.0702. The van der Waals surface area contributed by atoms with Crippen LogP contribution >= 0.6 is 0 Å². The van der Waals surface area contributed by atoms with Gasteiger partial charge in [0.1, 0.15) is 0 Å². The highest BCUT2D eigenvalue weighted by Gasteiger charge is 2.30. The average molecular weight is 317 g/mol. The van der Waals surface area contributed by atoms with Gasteiger partial charge in [0, 0.05) is 25.6 Å². The summed E-state index contributed by atoms with van der Waals surface area (Å²) in [4.78, 5) is 28.6. The molecular weight excluding hydrogens is 294 g/mol. The number of amides is 2. The molecule has 0 unspecified atom stereocenters. The topological polar surface area (TPSA) is 72.9 Å². The van der Waals surface area contributed by atoms with Crippen molar-refractivity contribution in [3.63, 3.8) is 0 Å². The molecule has 2 N–H and O–H groups in total. The van der Waals surface area contributed by atoms with Crippen molar-refractivity contribution in [1.29, 1.82) is 0 Å². The van der Waals surface area contributed by atoms with Gasteiger partial charge in [-0.25, -0.2) is 0 Å². The molecule has 0 spiro atoms. The molecule has 1 aromatic rings. The number of nitrogens with zero attached hydrogens (tertiary/aromatic N) is 2. The van der Waals surface area contributed by atoms with Crippen molar-refractivity contribution >= 4 is 23.2 Å². The molecule has 0 aromatic heterocycles. The summed E-state index contributed by atoms with van der Waals surface area (Å²) in [6.07, 6.45) is 1.46. The molecule has 1 aromatic carbocycles. The van der Waals surface area contributed by atoms with Gasteiger partial charge >= 0.3 is 0 Å². The third-order valence-electron chi connectivity index (χ3n) is 4.54. The van der Waals surface area contributed by atoms with Gasteiger partial charge in [0.2, 0.25) is 11.8 Å². The van der Waals surface area contributed by atoms with Gasteiger partial charge in [-0.3, -0.25) is 14.5 Å². The van der Waals surface area contributed by atoms with Gasteiger partial charge in [0.05, 0.1) is 24.0 Å². The van der Waals surface area contributed by atoms with E-state index in [-0.39, 0.29) is 24.0 Å². The van der Waals surface area contributed by atoms with Crippen LogP contribution in [0, 0.1) is 0 Å². The van der Waals surface area contributed by atoms with Gasteiger partial charge in [0.15, 0.2) is 0 Å². The van der Waals surface area contributed by atoms with Crippen molar-refractivity contribution in [2.24, 2.45) is 0 Å². The predicted octanol–water partition coefficient (Wildman–Crippen LogP) is 1.21. The number of rotatable bonds is 2. The minimum Gasteiger partial charge on any atom is -0.393 e. The number of carbonyl (C=O) groups is 2. The molecule has 2 amide bonds. The van der Waals surface area contributed by atoms with Crippen LogP contribution in [0.4, 0.5) is 11.4 Å². The van der Waals surface area contributed by atoms with E-state index in [4.69, 9.17) is 0 Å². The lowest BCUT2D eigenvalue weighted by atomic mass is 10.1. The Bertz CT molecular complexity index is 597. The van der Waals surface area contributed by atoms with E-state index < -0.39 is 0 Å². The Kier molecular flexibility index (Phi) is 4.63. The van der Waals surface area contributed by atoms with Gasteiger partial charge < -0.3 is 15.3 Å². The Morgan fingerprint density at radius 1 is 1.30 bits per heavy atom. The van der Waals surface area contributed by atoms with Crippen LogP contribution in [0.5, 0.6) is 0 Å². The second-order valence-electron chi connectivity index (χ2n) is 6.39. The fourth-order valence-electron chi connectivity index (χ4n) is 3.31. The first-order valence-corrected chi connectivity index (χ1v) is 8.16. The van der Waals surface area contributed by atoms with E-state index in [1.54, 1.807) is 4.90 Å². The summed E-state index contributed by atoms with van der Waals surface area (Å²) < 4.78 is 0. The monoisotopic (exact) mass is 317 g/mol. The van der Waals surface area contributed by atoms with Crippen LogP contribution < -0.4 is 10.2 Å². The number of aliphatic hydroxyl groups is 1. The summed E-state index contributed by atoms with van der Waals surface area (Å²) in [6.45, 7) is 3.68. The predicted molar refractivity (Wildman–Crippen MR) is 88.3 cm³/mol. The zero-order chi connectivity index (χ0) is 16.4. The van der Waals surface area contributed by atoms with Crippen molar-refractivity contribution in [2.45, 2.75) is 38.3 Å². The number of carbonyl (C=O) groups excluding carboxylic acids is 2. The number of piperidine rings is 1. The van der Waals surface area contributed by atoms with Crippen molar-refractivity contribution < 1.29 is 14.7 Å². The Balaban J connectivity index is 1.79. The van der Waals surface area contributed by atoms with Crippen LogP contribution in [0.15, 0.2) is 24.3 Å². The number of nitrogens with one attached hydrogen (secondary N) is 1. The van der Waals surface area contributed by atoms with Crippen LogP contribution in [-0.4, -0.2) is 53.6 Å². The summed E-state index contributed by atoms with van der Waals surface area (Å²) in [6, 6.07) is 7.24. The molecule has 1 atom stereocenters. The second-order valence-corrected chi connectivity index (χ2v) is 6.39. The number of likely N-dealkylation sites (tertiary alicyclic amines) is 1. The number of hydrogen-bond acceptors (Lipinski definition) is 4. The van der Waals surface area contributed by atoms with E-state index >= 15 is 0 Å². The first kappa shape index (κ1) is 16.0. The molecule has 1 fully saturated rings. The molecular formula is C17H23N3O3. The Morgan fingerprint density at radius 2 is 2.00 bits per heavy atom. The molecule has 2 heterocycles. The number of benzene rings is 1. The van der Waals surface area contributed by atoms with Crippen molar-refractivity contribution in [3.05, 3.63) is 24.3 Å². The maximum Gasteiger partial charge on any atom is 0.241 e. The van der Waals surface area contributed by atoms with E-state index in [0.717, 1.165) is 18.8 Å². The molecule has 0 aliphatic carbocycles. The molecule has 6 heteroatoms. The van der Waals surface area contributed by atoms with Crippen LogP contribution in [-0.2, 0) is 9.59 Å². The number of aliphatic hydroxyl groups excluding tert-OH is 1. The van der Waals surface area contributed by atoms with Crippen LogP contribution in [0.3, 0.4) is 0 Å². The lowest BCUT2D eigenvalue weighted by Crippen LogP contribution is -2.47. The average Bonchev–Trinajstić information content (AvgIpc) is 2.63. The Hall–Kier alpha value is -1.92. The summed E-state index contributed by atoms with van der Waals surface area (Å²) in [7, 11) is 0. The number of hydrogen-bond donors (Lipinski definition) is 2. The fraction of sp³-hybridized carbons (Fsp3) is 0.529. The highest BCUT2D eigenvalue weighted by atomic mass is 16.3. The molecule has 23 heavy (non-hydrogen) atoms. The maximum absolute atomic E-state index is 12.9. The fourth-order valence-corrected chi connectivity index (χ4v) is 3.31. The highest BCUT2D eigenvalue weighted by Crippen LogP contribution is 2.31. The van der Waals surface area contributed by atoms with Crippen LogP contribution in [0.2, 0.25) is 0 Å². The molecule has 0 bridgehead atoms. The molecule has 2 aliphatic heterocycles. The van der Waals surface area contributed by atoms with Crippen LogP contribution in [0.25, 0.3) is 0 Å². The highest BCUT2D eigenvalue weighted by molar-refractivity contribution is 6.04. The van der Waals surface area contributed by atoms with E-state index in [1.165, 1.54) is 0 Å². The maximum atomic E-state index is 12.9. The van der Waals surface area contributed by atoms with Gasteiger partial charge in [0.25, 0.3) is 0 Å². The lowest BCUT2D eigenvalue weighted by Gasteiger charge is -2.33. The van der Waals surface area contributed by atoms with Gasteiger partial charge in [-0.1, -0.05) is 12.1 Å². The largest absolute Gasteiger partial charge is 0.393 e. The summed E-state index contributed by atoms with van der Waals surface area (Å²) >= 11 is 0. The first-order valence-electron chi connectivity index (χ1n) is 8.16. The standard InChI is InChI=1S/C17H23N3O3/c1-12-10-16(22)18-14-4-2-3-5-15(14)20(12)17(23)11-19-8-6-13(21)7-9-19/h2-5,12-13,21H,6-11H2,1H3,(H,18,22)/t12-/m1/s1. The lowest BCUT2D eigenvalue weighted by molar-refractivity contribution is -0.121. The van der Waals surface area contributed by atoms with Crippen molar-refractivity contribution in [1.82, 2.24) is 4.90 Å². The van der Waals surface area contributed by atoms with Gasteiger partial charge in [-0.15, -0.1) is 0 Å². The molecule has 1 saturated heterocycles. The van der Waals surface area contributed by atoms with Gasteiger partial charge in [-0.2, -0.15) is 0 Å². The van der Waals surface area contributed by atoms with Crippen LogP contribution in [0.1, 0.15) is 26.2 Å². The molecule has 0 radical (unpaired) electrons. The SMILES string of the molecule is C[C@@H]1CC(=O)Nc2ccccc2N1C(=O)CN1CCC(O)CC1. The number of fused-ring (bicyclic) bond motifs is 1. The molecule has 124 valence electrons. The molecule has 0 saturated carbocycles. The van der Waals surface area contributed by atoms with Crippen molar-refractivity contribution in [2.75, 3.05) is 29.9 Å². The first-order chi connectivity index (χ1) is 11.0. The minimum absolute atomic E-state index is 0.00200. The number of para-hydroxylation sites is 2. The zero-order valence-electron chi connectivity index (χ0n) is 13.4. The van der Waals surface area contributed by atoms with E-state index in [1.807, 2.05) is 31.2 Å². The third-order valence-corrected chi connectivity index (χ3v) is 4.54. The molecule has 3 rings (SSSR count). The van der Waals surface area contributed by atoms with Crippen molar-refractivity contribution in [3.8, 4) is 0 Å². The normalized spacial score (nSPS) is 23.1. The zero-order valence-corrected chi connectivity index (χ0v) is 13.4. The Labute approximate surface area is 136 Å². The smallest absolute Gasteiger partial charge is 0.241 e. The second kappa shape index (κ2) is 6.68. The van der Waals surface area contributed by atoms with E-state index in [2.05, 4.69) is 10.2 Å². The van der Waals surface area contributed by atoms with E-state index in [9.17, 15) is 14.7 Å². The molecule has 6 nitrogen and oxygen atoms in total. The summed E-state index contributed by atoms with van der Waals surface area (Å²) in [5.41, 5.74) is 1.44. The Morgan fingerprint density at radius 3 is 2.74 bits per heavy atom.